The van der Waals surface area contributed by atoms with E-state index < -0.39 is 21.6 Å². The molecule has 0 fully saturated rings. The van der Waals surface area contributed by atoms with E-state index in [1.54, 1.807) is 0 Å². The molecule has 1 atom stereocenters. The van der Waals surface area contributed by atoms with Crippen LogP contribution < -0.4 is 0 Å². The summed E-state index contributed by atoms with van der Waals surface area (Å²) in [6.07, 6.45) is 0.634. The second kappa shape index (κ2) is 4.84. The van der Waals surface area contributed by atoms with Crippen LogP contribution in [0.5, 0.6) is 0 Å². The van der Waals surface area contributed by atoms with Gasteiger partial charge < -0.3 is 14.3 Å². The highest BCUT2D eigenvalue weighted by molar-refractivity contribution is 7.61. The molecule has 0 saturated heterocycles. The molecule has 0 heterocycles. The topological polar surface area (TPSA) is 119 Å². The molecule has 0 aromatic heterocycles. The standard InChI is InChI=1S/C4H8O8P2/c1-3-4(5)11-14(9,10-2)12-13(6,7)8/h3H,1H2,2H3,(H2,6,7,8). The molecule has 0 aliphatic rings. The van der Waals surface area contributed by atoms with E-state index >= 15 is 0 Å². The Morgan fingerprint density at radius 1 is 1.43 bits per heavy atom. The lowest BCUT2D eigenvalue weighted by molar-refractivity contribution is -0.130. The fourth-order valence-electron chi connectivity index (χ4n) is 0.365. The van der Waals surface area contributed by atoms with Gasteiger partial charge >= 0.3 is 21.6 Å². The van der Waals surface area contributed by atoms with E-state index in [2.05, 4.69) is 19.9 Å². The average Bonchev–Trinajstić information content (AvgIpc) is 2.00. The molecule has 0 aliphatic heterocycles. The van der Waals surface area contributed by atoms with E-state index in [4.69, 9.17) is 9.79 Å². The first-order chi connectivity index (χ1) is 6.22. The predicted octanol–water partition coefficient (Wildman–Crippen LogP) is 0.579. The highest BCUT2D eigenvalue weighted by Crippen LogP contribution is 2.60. The Hall–Kier alpha value is -0.490. The van der Waals surface area contributed by atoms with Crippen LogP contribution >= 0.6 is 15.6 Å². The quantitative estimate of drug-likeness (QED) is 0.533. The van der Waals surface area contributed by atoms with Gasteiger partial charge in [-0.05, 0) is 0 Å². The van der Waals surface area contributed by atoms with E-state index in [1.807, 2.05) is 0 Å². The summed E-state index contributed by atoms with van der Waals surface area (Å²) in [7, 11) is -8.85. The molecule has 0 rings (SSSR count). The smallest absolute Gasteiger partial charge is 0.367 e. The minimum absolute atomic E-state index is 0.634. The summed E-state index contributed by atoms with van der Waals surface area (Å²) in [6.45, 7) is 2.97. The largest absolute Gasteiger partial charge is 0.541 e. The molecule has 0 aliphatic carbocycles. The first-order valence-electron chi connectivity index (χ1n) is 3.01. The summed E-state index contributed by atoms with van der Waals surface area (Å²) < 4.78 is 33.1. The minimum Gasteiger partial charge on any atom is -0.367 e. The van der Waals surface area contributed by atoms with Gasteiger partial charge in [-0.3, -0.25) is 4.52 Å². The Labute approximate surface area is 79.3 Å². The van der Waals surface area contributed by atoms with Crippen LogP contribution in [0.25, 0.3) is 0 Å². The average molecular weight is 246 g/mol. The highest BCUT2D eigenvalue weighted by atomic mass is 31.3. The summed E-state index contributed by atoms with van der Waals surface area (Å²) in [5, 5.41) is 0. The highest BCUT2D eigenvalue weighted by Gasteiger charge is 2.37. The van der Waals surface area contributed by atoms with Gasteiger partial charge in [0.25, 0.3) is 0 Å². The molecule has 0 spiro atoms. The molecule has 0 aromatic carbocycles. The van der Waals surface area contributed by atoms with Crippen molar-refractivity contribution in [3.63, 3.8) is 0 Å². The van der Waals surface area contributed by atoms with Gasteiger partial charge in [0.2, 0.25) is 0 Å². The molecular formula is C4H8O8P2. The van der Waals surface area contributed by atoms with E-state index in [0.717, 1.165) is 7.11 Å². The van der Waals surface area contributed by atoms with Crippen LogP contribution in [-0.2, 0) is 27.3 Å². The normalized spacial score (nSPS) is 15.6. The first kappa shape index (κ1) is 13.5. The summed E-state index contributed by atoms with van der Waals surface area (Å²) in [4.78, 5) is 27.1. The molecular weight excluding hydrogens is 238 g/mol. The first-order valence-corrected chi connectivity index (χ1v) is 6.00. The van der Waals surface area contributed by atoms with Gasteiger partial charge in [0.15, 0.2) is 0 Å². The van der Waals surface area contributed by atoms with Crippen molar-refractivity contribution in [2.75, 3.05) is 7.11 Å². The Morgan fingerprint density at radius 2 is 1.93 bits per heavy atom. The number of hydrogen-bond acceptors (Lipinski definition) is 6. The minimum atomic E-state index is -5.07. The molecule has 10 heteroatoms. The number of carbonyl (C=O) groups excluding carboxylic acids is 1. The van der Waals surface area contributed by atoms with Gasteiger partial charge in [-0.1, -0.05) is 6.58 Å². The van der Waals surface area contributed by atoms with E-state index in [0.29, 0.717) is 6.08 Å². The Balaban J connectivity index is 4.65. The number of carbonyl (C=O) groups is 1. The molecule has 0 radical (unpaired) electrons. The molecule has 14 heavy (non-hydrogen) atoms. The monoisotopic (exact) mass is 246 g/mol. The molecule has 2 N–H and O–H groups in total. The SMILES string of the molecule is C=CC(=O)OP(=O)(OC)OP(=O)(O)O. The molecule has 0 saturated carbocycles. The van der Waals surface area contributed by atoms with E-state index in [9.17, 15) is 13.9 Å². The summed E-state index contributed by atoms with van der Waals surface area (Å²) in [5.41, 5.74) is 0. The summed E-state index contributed by atoms with van der Waals surface area (Å²) >= 11 is 0. The Bertz CT molecular complexity index is 315. The van der Waals surface area contributed by atoms with Crippen molar-refractivity contribution < 1.29 is 37.1 Å². The van der Waals surface area contributed by atoms with Crippen molar-refractivity contribution >= 4 is 21.6 Å². The lowest BCUT2D eigenvalue weighted by Gasteiger charge is -2.14. The molecule has 1 unspecified atom stereocenters. The third-order valence-electron chi connectivity index (χ3n) is 0.798. The van der Waals surface area contributed by atoms with Gasteiger partial charge in [0, 0.05) is 13.2 Å². The van der Waals surface area contributed by atoms with Gasteiger partial charge in [0.05, 0.1) is 0 Å². The molecule has 82 valence electrons. The maximum absolute atomic E-state index is 11.1. The Kier molecular flexibility index (Phi) is 4.67. The van der Waals surface area contributed by atoms with Gasteiger partial charge in [-0.15, -0.1) is 0 Å². The van der Waals surface area contributed by atoms with Crippen molar-refractivity contribution in [2.45, 2.75) is 0 Å². The maximum Gasteiger partial charge on any atom is 0.541 e. The van der Waals surface area contributed by atoms with Gasteiger partial charge in [-0.2, -0.15) is 4.31 Å². The van der Waals surface area contributed by atoms with Crippen LogP contribution in [0.2, 0.25) is 0 Å². The second-order valence-corrected chi connectivity index (χ2v) is 4.89. The van der Waals surface area contributed by atoms with Gasteiger partial charge in [-0.25, -0.2) is 13.9 Å². The van der Waals surface area contributed by atoms with Gasteiger partial charge in [0.1, 0.15) is 0 Å². The Morgan fingerprint density at radius 3 is 2.21 bits per heavy atom. The van der Waals surface area contributed by atoms with E-state index in [-0.39, 0.29) is 0 Å². The predicted molar refractivity (Wildman–Crippen MR) is 44.0 cm³/mol. The zero-order chi connectivity index (χ0) is 11.4. The lowest BCUT2D eigenvalue weighted by Crippen LogP contribution is -2.02. The zero-order valence-corrected chi connectivity index (χ0v) is 8.81. The van der Waals surface area contributed by atoms with Crippen molar-refractivity contribution in [1.29, 1.82) is 0 Å². The maximum atomic E-state index is 11.1. The van der Waals surface area contributed by atoms with Crippen LogP contribution in [-0.4, -0.2) is 22.9 Å². The van der Waals surface area contributed by atoms with Crippen LogP contribution in [0.3, 0.4) is 0 Å². The van der Waals surface area contributed by atoms with Crippen molar-refractivity contribution in [3.8, 4) is 0 Å². The van der Waals surface area contributed by atoms with E-state index in [1.165, 1.54) is 0 Å². The van der Waals surface area contributed by atoms with Crippen molar-refractivity contribution in [3.05, 3.63) is 12.7 Å². The number of phosphoric ester groups is 1. The van der Waals surface area contributed by atoms with Crippen molar-refractivity contribution in [2.24, 2.45) is 0 Å². The van der Waals surface area contributed by atoms with Crippen LogP contribution in [0, 0.1) is 0 Å². The summed E-state index contributed by atoms with van der Waals surface area (Å²) in [6, 6.07) is 0. The molecule has 8 nitrogen and oxygen atoms in total. The zero-order valence-electron chi connectivity index (χ0n) is 7.02. The van der Waals surface area contributed by atoms with Crippen LogP contribution in [0.15, 0.2) is 12.7 Å². The van der Waals surface area contributed by atoms with Crippen LogP contribution in [0.1, 0.15) is 0 Å². The number of phosphoric acid groups is 2. The fraction of sp³-hybridized carbons (Fsp3) is 0.250. The third kappa shape index (κ3) is 5.29. The molecule has 0 bridgehead atoms. The molecule has 0 aromatic rings. The fourth-order valence-corrected chi connectivity index (χ4v) is 2.18. The second-order valence-electron chi connectivity index (χ2n) is 1.82. The third-order valence-corrected chi connectivity index (χ3v) is 3.30. The lowest BCUT2D eigenvalue weighted by atomic mass is 10.7. The van der Waals surface area contributed by atoms with Crippen LogP contribution in [0.4, 0.5) is 0 Å². The number of rotatable bonds is 5. The molecule has 0 amide bonds. The summed E-state index contributed by atoms with van der Waals surface area (Å²) in [5.74, 6) is -1.19. The van der Waals surface area contributed by atoms with Crippen molar-refractivity contribution in [1.82, 2.24) is 0 Å². The number of hydrogen-bond donors (Lipinski definition) is 2.